The molecule has 2 nitrogen and oxygen atoms in total. The molecular formula is C53H38N2S. The molecule has 56 heavy (non-hydrogen) atoms. The van der Waals surface area contributed by atoms with Crippen molar-refractivity contribution in [3.05, 3.63) is 210 Å². The van der Waals surface area contributed by atoms with Crippen LogP contribution in [0.15, 0.2) is 187 Å². The summed E-state index contributed by atoms with van der Waals surface area (Å²) in [7, 11) is 0. The van der Waals surface area contributed by atoms with Crippen LogP contribution in [0.4, 0.5) is 0 Å². The van der Waals surface area contributed by atoms with Gasteiger partial charge < -0.3 is 0 Å². The molecule has 1 N–H and O–H groups in total. The second-order valence-corrected chi connectivity index (χ2v) is 16.2. The highest BCUT2D eigenvalue weighted by Gasteiger charge is 2.35. The molecule has 0 spiro atoms. The van der Waals surface area contributed by atoms with E-state index < -0.39 is 0 Å². The lowest BCUT2D eigenvalue weighted by molar-refractivity contribution is 0.660. The van der Waals surface area contributed by atoms with Crippen LogP contribution in [-0.2, 0) is 5.41 Å². The van der Waals surface area contributed by atoms with Gasteiger partial charge in [-0.15, -0.1) is 11.3 Å². The van der Waals surface area contributed by atoms with Gasteiger partial charge in [-0.05, 0) is 97.3 Å². The number of rotatable bonds is 6. The summed E-state index contributed by atoms with van der Waals surface area (Å²) in [6.07, 6.45) is 4.32. The standard InChI is InChI=1S/C53H38N2S/c1-53(2)45-25-10-8-21-43(45)50-35(19-13-26-46(50)53)29-30-47(55-52(54)36-16-4-3-5-17-36)39-32-37(41-23-12-18-34-15-6-7-20-40(34)41)31-38(33-39)42-24-14-28-49-51(42)44-22-9-11-27-48(44)56-49/h3-33,54H,1-2H3/b30-29+,54-52?,55-47?. The Balaban J connectivity index is 1.22. The number of allylic oxidation sites excluding steroid dienone is 1. The van der Waals surface area contributed by atoms with Gasteiger partial charge in [0.15, 0.2) is 5.84 Å². The van der Waals surface area contributed by atoms with Crippen LogP contribution in [0, 0.1) is 5.41 Å². The molecule has 10 rings (SSSR count). The highest BCUT2D eigenvalue weighted by molar-refractivity contribution is 7.25. The first kappa shape index (κ1) is 33.9. The molecule has 1 aliphatic carbocycles. The Bertz CT molecular complexity index is 3060. The number of hydrogen-bond acceptors (Lipinski definition) is 2. The fourth-order valence-corrected chi connectivity index (χ4v) is 9.78. The van der Waals surface area contributed by atoms with E-state index in [1.807, 2.05) is 41.7 Å². The van der Waals surface area contributed by atoms with E-state index >= 15 is 0 Å². The molecule has 1 heterocycles. The Morgan fingerprint density at radius 1 is 0.554 bits per heavy atom. The van der Waals surface area contributed by atoms with Crippen LogP contribution in [0.1, 0.15) is 41.7 Å². The maximum atomic E-state index is 9.26. The molecule has 0 radical (unpaired) electrons. The van der Waals surface area contributed by atoms with E-state index in [1.165, 1.54) is 58.8 Å². The first-order valence-electron chi connectivity index (χ1n) is 19.1. The predicted molar refractivity (Wildman–Crippen MR) is 241 cm³/mol. The Hall–Kier alpha value is -6.68. The molecule has 0 fully saturated rings. The SMILES string of the molecule is CC1(C)c2ccccc2-c2c(/C=C/C(=NC(=N)c3ccccc3)c3cc(-c4cccc5ccccc45)cc(-c4cccc5sc6ccccc6c45)c3)cccc21. The number of fused-ring (bicyclic) bond motifs is 7. The van der Waals surface area contributed by atoms with Gasteiger partial charge in [0.2, 0.25) is 0 Å². The first-order valence-corrected chi connectivity index (χ1v) is 19.9. The van der Waals surface area contributed by atoms with Crippen molar-refractivity contribution >= 4 is 59.9 Å². The van der Waals surface area contributed by atoms with E-state index in [1.54, 1.807) is 0 Å². The zero-order chi connectivity index (χ0) is 37.8. The average Bonchev–Trinajstić information content (AvgIpc) is 3.74. The molecule has 266 valence electrons. The van der Waals surface area contributed by atoms with Gasteiger partial charge in [-0.25, -0.2) is 4.99 Å². The van der Waals surface area contributed by atoms with E-state index in [-0.39, 0.29) is 11.3 Å². The van der Waals surface area contributed by atoms with E-state index in [0.29, 0.717) is 0 Å². The maximum absolute atomic E-state index is 9.26. The summed E-state index contributed by atoms with van der Waals surface area (Å²) in [5.41, 5.74) is 13.3. The highest BCUT2D eigenvalue weighted by Crippen LogP contribution is 2.50. The maximum Gasteiger partial charge on any atom is 0.152 e. The number of thiophene rings is 1. The second-order valence-electron chi connectivity index (χ2n) is 15.1. The van der Waals surface area contributed by atoms with Crippen LogP contribution < -0.4 is 0 Å². The summed E-state index contributed by atoms with van der Waals surface area (Å²) in [5, 5.41) is 14.2. The van der Waals surface area contributed by atoms with Crippen LogP contribution in [0.25, 0.3) is 70.4 Å². The number of aliphatic imine (C=N–C) groups is 1. The minimum Gasteiger partial charge on any atom is -0.282 e. The molecular weight excluding hydrogens is 697 g/mol. The lowest BCUT2D eigenvalue weighted by atomic mass is 9.82. The molecule has 0 saturated carbocycles. The van der Waals surface area contributed by atoms with Crippen LogP contribution >= 0.6 is 11.3 Å². The molecule has 0 aliphatic heterocycles. The third-order valence-electron chi connectivity index (χ3n) is 11.4. The minimum absolute atomic E-state index is 0.101. The number of benzene rings is 8. The van der Waals surface area contributed by atoms with Crippen molar-refractivity contribution in [2.24, 2.45) is 4.99 Å². The van der Waals surface area contributed by atoms with Crippen molar-refractivity contribution in [1.82, 2.24) is 0 Å². The van der Waals surface area contributed by atoms with E-state index in [9.17, 15) is 5.41 Å². The third kappa shape index (κ3) is 5.71. The van der Waals surface area contributed by atoms with Crippen molar-refractivity contribution in [3.8, 4) is 33.4 Å². The quantitative estimate of drug-likeness (QED) is 0.130. The van der Waals surface area contributed by atoms with Crippen molar-refractivity contribution in [2.45, 2.75) is 19.3 Å². The summed E-state index contributed by atoms with van der Waals surface area (Å²) < 4.78 is 2.55. The Morgan fingerprint density at radius 3 is 2.05 bits per heavy atom. The summed E-state index contributed by atoms with van der Waals surface area (Å²) in [6.45, 7) is 4.63. The molecule has 0 atom stereocenters. The normalized spacial score (nSPS) is 13.4. The first-order chi connectivity index (χ1) is 27.4. The van der Waals surface area contributed by atoms with Gasteiger partial charge in [-0.1, -0.05) is 166 Å². The highest BCUT2D eigenvalue weighted by atomic mass is 32.1. The van der Waals surface area contributed by atoms with E-state index in [4.69, 9.17) is 4.99 Å². The van der Waals surface area contributed by atoms with Gasteiger partial charge in [0.1, 0.15) is 0 Å². The smallest absolute Gasteiger partial charge is 0.152 e. The molecule has 8 aromatic carbocycles. The van der Waals surface area contributed by atoms with Crippen LogP contribution in [0.3, 0.4) is 0 Å². The molecule has 3 heteroatoms. The summed E-state index contributed by atoms with van der Waals surface area (Å²) in [6, 6.07) is 62.6. The fraction of sp³-hybridized carbons (Fsp3) is 0.0566. The molecule has 9 aromatic rings. The van der Waals surface area contributed by atoms with Gasteiger partial charge in [0, 0.05) is 36.7 Å². The fourth-order valence-electron chi connectivity index (χ4n) is 8.65. The molecule has 0 amide bonds. The Labute approximate surface area is 331 Å². The topological polar surface area (TPSA) is 36.2 Å². The molecule has 1 aliphatic rings. The lowest BCUT2D eigenvalue weighted by Gasteiger charge is -2.21. The second kappa shape index (κ2) is 13.6. The number of hydrogen-bond donors (Lipinski definition) is 1. The van der Waals surface area contributed by atoms with Crippen molar-refractivity contribution in [3.63, 3.8) is 0 Å². The lowest BCUT2D eigenvalue weighted by Crippen LogP contribution is -2.14. The molecule has 0 bridgehead atoms. The van der Waals surface area contributed by atoms with E-state index in [2.05, 4.69) is 172 Å². The zero-order valence-electron chi connectivity index (χ0n) is 31.3. The van der Waals surface area contributed by atoms with E-state index in [0.717, 1.165) is 39.1 Å². The van der Waals surface area contributed by atoms with Crippen molar-refractivity contribution < 1.29 is 0 Å². The zero-order valence-corrected chi connectivity index (χ0v) is 32.1. The summed E-state index contributed by atoms with van der Waals surface area (Å²) in [5.74, 6) is 0.220. The number of amidine groups is 1. The number of nitrogens with zero attached hydrogens (tertiary/aromatic N) is 1. The average molecular weight is 735 g/mol. The minimum atomic E-state index is -0.101. The molecule has 0 saturated heterocycles. The van der Waals surface area contributed by atoms with Crippen molar-refractivity contribution in [2.75, 3.05) is 0 Å². The van der Waals surface area contributed by atoms with Gasteiger partial charge >= 0.3 is 0 Å². The van der Waals surface area contributed by atoms with Gasteiger partial charge in [-0.3, -0.25) is 5.41 Å². The van der Waals surface area contributed by atoms with Gasteiger partial charge in [0.25, 0.3) is 0 Å². The Morgan fingerprint density at radius 2 is 1.18 bits per heavy atom. The predicted octanol–water partition coefficient (Wildman–Crippen LogP) is 14.4. The third-order valence-corrected chi connectivity index (χ3v) is 12.5. The van der Waals surface area contributed by atoms with Crippen molar-refractivity contribution in [1.29, 1.82) is 5.41 Å². The van der Waals surface area contributed by atoms with Gasteiger partial charge in [-0.2, -0.15) is 0 Å². The van der Waals surface area contributed by atoms with Crippen LogP contribution in [0.2, 0.25) is 0 Å². The summed E-state index contributed by atoms with van der Waals surface area (Å²) >= 11 is 1.84. The largest absolute Gasteiger partial charge is 0.282 e. The summed E-state index contributed by atoms with van der Waals surface area (Å²) in [4.78, 5) is 5.15. The molecule has 0 unspecified atom stereocenters. The Kier molecular flexibility index (Phi) is 8.20. The molecule has 1 aromatic heterocycles. The van der Waals surface area contributed by atoms with Gasteiger partial charge in [0.05, 0.1) is 5.71 Å². The number of nitrogens with one attached hydrogen (secondary N) is 1. The van der Waals surface area contributed by atoms with Crippen LogP contribution in [0.5, 0.6) is 0 Å². The van der Waals surface area contributed by atoms with Crippen LogP contribution in [-0.4, -0.2) is 11.5 Å². The monoisotopic (exact) mass is 734 g/mol.